The Balaban J connectivity index is 4.35. The number of alkyl carbamates (subject to hydrolysis) is 1. The Kier molecular flexibility index (Phi) is 7.67. The van der Waals surface area contributed by atoms with Gasteiger partial charge in [-0.3, -0.25) is 0 Å². The van der Waals surface area contributed by atoms with Gasteiger partial charge < -0.3 is 15.2 Å². The highest BCUT2D eigenvalue weighted by molar-refractivity contribution is 5.68. The number of aliphatic hydroxyl groups excluding tert-OH is 1. The third-order valence-corrected chi connectivity index (χ3v) is 2.09. The summed E-state index contributed by atoms with van der Waals surface area (Å²) in [7, 11) is 0. The third kappa shape index (κ3) is 10.1. The molecule has 0 rings (SSSR count). The quantitative estimate of drug-likeness (QED) is 0.719. The Bertz CT molecular complexity index is 267. The van der Waals surface area contributed by atoms with Crippen LogP contribution in [-0.2, 0) is 4.74 Å². The number of rotatable bonds is 6. The zero-order valence-corrected chi connectivity index (χ0v) is 12.2. The van der Waals surface area contributed by atoms with Gasteiger partial charge in [0, 0.05) is 6.61 Å². The number of nitrogens with one attached hydrogen (secondary N) is 1. The first-order valence-electron chi connectivity index (χ1n) is 6.51. The monoisotopic (exact) mass is 257 g/mol. The Morgan fingerprint density at radius 1 is 1.39 bits per heavy atom. The van der Waals surface area contributed by atoms with E-state index in [4.69, 9.17) is 9.84 Å². The fourth-order valence-electron chi connectivity index (χ4n) is 1.49. The van der Waals surface area contributed by atoms with E-state index in [9.17, 15) is 4.79 Å². The maximum Gasteiger partial charge on any atom is 0.408 e. The van der Waals surface area contributed by atoms with Gasteiger partial charge in [-0.1, -0.05) is 26.0 Å². The van der Waals surface area contributed by atoms with Crippen molar-refractivity contribution < 1.29 is 14.6 Å². The number of hydrogen-bond acceptors (Lipinski definition) is 3. The van der Waals surface area contributed by atoms with Crippen molar-refractivity contribution in [2.45, 2.75) is 59.1 Å². The molecule has 0 aliphatic carbocycles. The van der Waals surface area contributed by atoms with Gasteiger partial charge in [0.15, 0.2) is 0 Å². The first kappa shape index (κ1) is 17.0. The van der Waals surface area contributed by atoms with Gasteiger partial charge in [-0.2, -0.15) is 0 Å². The van der Waals surface area contributed by atoms with E-state index in [0.29, 0.717) is 12.3 Å². The van der Waals surface area contributed by atoms with E-state index in [1.807, 2.05) is 32.9 Å². The lowest BCUT2D eigenvalue weighted by Crippen LogP contribution is -2.38. The number of carbonyl (C=O) groups is 1. The smallest absolute Gasteiger partial charge is 0.408 e. The number of ether oxygens (including phenoxy) is 1. The number of amides is 1. The fourth-order valence-corrected chi connectivity index (χ4v) is 1.49. The second kappa shape index (κ2) is 8.14. The first-order valence-corrected chi connectivity index (χ1v) is 6.51. The lowest BCUT2D eigenvalue weighted by Gasteiger charge is -2.23. The van der Waals surface area contributed by atoms with Crippen molar-refractivity contribution >= 4 is 6.09 Å². The molecule has 0 saturated carbocycles. The average molecular weight is 257 g/mol. The van der Waals surface area contributed by atoms with E-state index in [1.165, 1.54) is 0 Å². The van der Waals surface area contributed by atoms with Crippen LogP contribution in [-0.4, -0.2) is 29.4 Å². The summed E-state index contributed by atoms with van der Waals surface area (Å²) in [5.41, 5.74) is -0.485. The van der Waals surface area contributed by atoms with Crippen LogP contribution in [0, 0.1) is 5.92 Å². The van der Waals surface area contributed by atoms with Crippen LogP contribution in [0.2, 0.25) is 0 Å². The fraction of sp³-hybridized carbons (Fsp3) is 0.786. The molecule has 0 aromatic heterocycles. The predicted octanol–water partition coefficient (Wildman–Crippen LogP) is 2.86. The van der Waals surface area contributed by atoms with E-state index >= 15 is 0 Å². The molecular formula is C14H27NO3. The van der Waals surface area contributed by atoms with Crippen LogP contribution >= 0.6 is 0 Å². The van der Waals surface area contributed by atoms with E-state index in [2.05, 4.69) is 19.2 Å². The maximum absolute atomic E-state index is 11.7. The molecule has 0 radical (unpaired) electrons. The molecule has 0 aliphatic rings. The van der Waals surface area contributed by atoms with E-state index in [1.54, 1.807) is 0 Å². The molecule has 18 heavy (non-hydrogen) atoms. The zero-order valence-electron chi connectivity index (χ0n) is 12.2. The highest BCUT2D eigenvalue weighted by atomic mass is 16.6. The Labute approximate surface area is 110 Å². The molecule has 0 fully saturated rings. The molecule has 0 aromatic rings. The summed E-state index contributed by atoms with van der Waals surface area (Å²) in [5, 5.41) is 11.6. The topological polar surface area (TPSA) is 58.6 Å². The molecule has 1 unspecified atom stereocenters. The molecule has 1 amide bonds. The molecule has 0 aliphatic heterocycles. The van der Waals surface area contributed by atoms with Gasteiger partial charge >= 0.3 is 6.09 Å². The molecule has 106 valence electrons. The van der Waals surface area contributed by atoms with Crippen molar-refractivity contribution in [3.63, 3.8) is 0 Å². The minimum Gasteiger partial charge on any atom is -0.444 e. The van der Waals surface area contributed by atoms with Crippen molar-refractivity contribution in [3.8, 4) is 0 Å². The molecule has 0 saturated heterocycles. The van der Waals surface area contributed by atoms with Gasteiger partial charge in [0.2, 0.25) is 0 Å². The summed E-state index contributed by atoms with van der Waals surface area (Å²) in [6.07, 6.45) is 4.85. The van der Waals surface area contributed by atoms with Gasteiger partial charge in [-0.05, 0) is 39.5 Å². The van der Waals surface area contributed by atoms with Gasteiger partial charge in [0.1, 0.15) is 5.60 Å². The Morgan fingerprint density at radius 2 is 2.00 bits per heavy atom. The normalized spacial score (nSPS) is 13.9. The van der Waals surface area contributed by atoms with Gasteiger partial charge in [-0.25, -0.2) is 4.79 Å². The Morgan fingerprint density at radius 3 is 2.44 bits per heavy atom. The molecule has 1 atom stereocenters. The summed E-state index contributed by atoms with van der Waals surface area (Å²) in [4.78, 5) is 11.7. The van der Waals surface area contributed by atoms with Gasteiger partial charge in [0.25, 0.3) is 0 Å². The summed E-state index contributed by atoms with van der Waals surface area (Å²) in [6, 6.07) is -0.0496. The van der Waals surface area contributed by atoms with E-state index in [0.717, 1.165) is 6.42 Å². The Hall–Kier alpha value is -1.03. The van der Waals surface area contributed by atoms with Crippen molar-refractivity contribution in [2.24, 2.45) is 5.92 Å². The molecule has 0 aromatic carbocycles. The van der Waals surface area contributed by atoms with Crippen molar-refractivity contribution in [3.05, 3.63) is 12.2 Å². The van der Waals surface area contributed by atoms with Gasteiger partial charge in [-0.15, -0.1) is 0 Å². The summed E-state index contributed by atoms with van der Waals surface area (Å²) in [6.45, 7) is 9.84. The van der Waals surface area contributed by atoms with Crippen molar-refractivity contribution in [1.29, 1.82) is 0 Å². The van der Waals surface area contributed by atoms with Crippen LogP contribution in [0.4, 0.5) is 4.79 Å². The average Bonchev–Trinajstić information content (AvgIpc) is 2.13. The molecule has 4 heteroatoms. The van der Waals surface area contributed by atoms with Crippen LogP contribution in [0.15, 0.2) is 12.2 Å². The second-order valence-corrected chi connectivity index (χ2v) is 5.82. The highest BCUT2D eigenvalue weighted by Gasteiger charge is 2.18. The first-order chi connectivity index (χ1) is 8.24. The highest BCUT2D eigenvalue weighted by Crippen LogP contribution is 2.10. The van der Waals surface area contributed by atoms with Crippen molar-refractivity contribution in [1.82, 2.24) is 5.32 Å². The minimum absolute atomic E-state index is 0.0496. The summed E-state index contributed by atoms with van der Waals surface area (Å²) < 4.78 is 5.22. The number of hydrogen-bond donors (Lipinski definition) is 2. The third-order valence-electron chi connectivity index (χ3n) is 2.09. The maximum atomic E-state index is 11.7. The number of aliphatic hydroxyl groups is 1. The molecule has 0 spiro atoms. The largest absolute Gasteiger partial charge is 0.444 e. The summed E-state index contributed by atoms with van der Waals surface area (Å²) >= 11 is 0. The second-order valence-electron chi connectivity index (χ2n) is 5.82. The van der Waals surface area contributed by atoms with E-state index < -0.39 is 11.7 Å². The predicted molar refractivity (Wildman–Crippen MR) is 73.5 cm³/mol. The lowest BCUT2D eigenvalue weighted by molar-refractivity contribution is 0.0510. The molecule has 0 bridgehead atoms. The standard InChI is InChI=1S/C14H27NO3/c1-11(2)10-12(8-6-7-9-16)15-13(17)18-14(3,4)5/h6,8,11-12,16H,7,9-10H2,1-5H3,(H,15,17)/b8-6+. The van der Waals surface area contributed by atoms with Crippen LogP contribution in [0.3, 0.4) is 0 Å². The lowest BCUT2D eigenvalue weighted by atomic mass is 10.0. The minimum atomic E-state index is -0.485. The number of carbonyl (C=O) groups excluding carboxylic acids is 1. The van der Waals surface area contributed by atoms with Crippen LogP contribution in [0.5, 0.6) is 0 Å². The van der Waals surface area contributed by atoms with E-state index in [-0.39, 0.29) is 12.6 Å². The van der Waals surface area contributed by atoms with Crippen molar-refractivity contribution in [2.75, 3.05) is 6.61 Å². The van der Waals surface area contributed by atoms with Crippen LogP contribution in [0.25, 0.3) is 0 Å². The SMILES string of the molecule is CC(C)CC(/C=C/CCO)NC(=O)OC(C)(C)C. The van der Waals surface area contributed by atoms with Gasteiger partial charge in [0.05, 0.1) is 6.04 Å². The van der Waals surface area contributed by atoms with Crippen LogP contribution < -0.4 is 5.32 Å². The summed E-state index contributed by atoms with van der Waals surface area (Å²) in [5.74, 6) is 0.476. The zero-order chi connectivity index (χ0) is 14.2. The van der Waals surface area contributed by atoms with Crippen LogP contribution in [0.1, 0.15) is 47.5 Å². The molecule has 4 nitrogen and oxygen atoms in total. The molecule has 0 heterocycles. The molecular weight excluding hydrogens is 230 g/mol. The molecule has 2 N–H and O–H groups in total.